The lowest BCUT2D eigenvalue weighted by atomic mass is 10.00. The highest BCUT2D eigenvalue weighted by Crippen LogP contribution is 2.46. The minimum atomic E-state index is -3.34. The second kappa shape index (κ2) is 5.01. The first kappa shape index (κ1) is 13.2. The van der Waals surface area contributed by atoms with E-state index in [2.05, 4.69) is 4.18 Å². The maximum Gasteiger partial charge on any atom is 0.264 e. The third-order valence-electron chi connectivity index (χ3n) is 2.53. The molecule has 7 heteroatoms. The van der Waals surface area contributed by atoms with Crippen molar-refractivity contribution in [1.29, 1.82) is 0 Å². The van der Waals surface area contributed by atoms with Gasteiger partial charge in [-0.25, -0.2) is 0 Å². The monoisotopic (exact) mass is 258 g/mol. The molecule has 1 heterocycles. The summed E-state index contributed by atoms with van der Waals surface area (Å²) < 4.78 is 44.7. The van der Waals surface area contributed by atoms with Crippen molar-refractivity contribution in [3.63, 3.8) is 0 Å². The van der Waals surface area contributed by atoms with Crippen LogP contribution in [0.1, 0.15) is 19.3 Å². The molecule has 0 aromatic heterocycles. The molecule has 1 saturated heterocycles. The standard InChI is InChI=1S/C8H18O5S2/c1-14(9,10)13-5-2-8-3-6-15(11,12)7-4-8/h8,11-12H,2-7H2,1H3. The smallest absolute Gasteiger partial charge is 0.264 e. The van der Waals surface area contributed by atoms with Crippen molar-refractivity contribution in [3.05, 3.63) is 0 Å². The van der Waals surface area contributed by atoms with Gasteiger partial charge in [0, 0.05) is 11.5 Å². The molecule has 0 bridgehead atoms. The molecular weight excluding hydrogens is 240 g/mol. The molecule has 0 spiro atoms. The SMILES string of the molecule is CS(=O)(=O)OCCC1CCS(O)(O)CC1. The third-order valence-corrected chi connectivity index (χ3v) is 4.90. The first-order chi connectivity index (χ1) is 6.79. The van der Waals surface area contributed by atoms with Crippen LogP contribution in [0.5, 0.6) is 0 Å². The van der Waals surface area contributed by atoms with E-state index >= 15 is 0 Å². The second-order valence-corrected chi connectivity index (χ2v) is 8.03. The topological polar surface area (TPSA) is 83.8 Å². The summed E-state index contributed by atoms with van der Waals surface area (Å²) in [6.45, 7) is 0.197. The van der Waals surface area contributed by atoms with Crippen LogP contribution < -0.4 is 0 Å². The van der Waals surface area contributed by atoms with Gasteiger partial charge in [-0.2, -0.15) is 19.0 Å². The van der Waals surface area contributed by atoms with Gasteiger partial charge in [0.05, 0.1) is 12.9 Å². The van der Waals surface area contributed by atoms with Gasteiger partial charge in [0.1, 0.15) is 0 Å². The van der Waals surface area contributed by atoms with Gasteiger partial charge in [-0.3, -0.25) is 13.3 Å². The van der Waals surface area contributed by atoms with Crippen LogP contribution in [0, 0.1) is 5.92 Å². The maximum atomic E-state index is 10.7. The third kappa shape index (κ3) is 5.72. The van der Waals surface area contributed by atoms with E-state index in [9.17, 15) is 17.5 Å². The molecule has 1 aliphatic rings. The second-order valence-electron chi connectivity index (χ2n) is 3.97. The molecule has 1 fully saturated rings. The van der Waals surface area contributed by atoms with Gasteiger partial charge in [0.15, 0.2) is 0 Å². The van der Waals surface area contributed by atoms with Crippen LogP contribution in [0.15, 0.2) is 0 Å². The Morgan fingerprint density at radius 2 is 1.87 bits per heavy atom. The zero-order chi connectivity index (χ0) is 11.5. The first-order valence-electron chi connectivity index (χ1n) is 4.86. The summed E-state index contributed by atoms with van der Waals surface area (Å²) in [5.41, 5.74) is 0. The van der Waals surface area contributed by atoms with E-state index in [0.29, 0.717) is 23.8 Å². The predicted molar refractivity (Wildman–Crippen MR) is 60.7 cm³/mol. The molecule has 0 radical (unpaired) electrons. The van der Waals surface area contributed by atoms with E-state index in [1.165, 1.54) is 0 Å². The molecule has 5 nitrogen and oxygen atoms in total. The van der Waals surface area contributed by atoms with Gasteiger partial charge in [-0.1, -0.05) is 0 Å². The predicted octanol–water partition coefficient (Wildman–Crippen LogP) is 1.51. The van der Waals surface area contributed by atoms with E-state index in [0.717, 1.165) is 19.1 Å². The Morgan fingerprint density at radius 1 is 1.33 bits per heavy atom. The van der Waals surface area contributed by atoms with Crippen LogP contribution in [0.4, 0.5) is 0 Å². The van der Waals surface area contributed by atoms with Crippen molar-refractivity contribution in [1.82, 2.24) is 0 Å². The van der Waals surface area contributed by atoms with Crippen molar-refractivity contribution in [2.45, 2.75) is 19.3 Å². The molecule has 92 valence electrons. The van der Waals surface area contributed by atoms with Crippen molar-refractivity contribution in [3.8, 4) is 0 Å². The van der Waals surface area contributed by atoms with Crippen LogP contribution in [0.3, 0.4) is 0 Å². The van der Waals surface area contributed by atoms with Gasteiger partial charge < -0.3 is 0 Å². The van der Waals surface area contributed by atoms with E-state index in [1.54, 1.807) is 0 Å². The van der Waals surface area contributed by atoms with Gasteiger partial charge >= 0.3 is 0 Å². The Labute approximate surface area is 92.3 Å². The van der Waals surface area contributed by atoms with Gasteiger partial charge in [-0.15, -0.1) is 0 Å². The zero-order valence-electron chi connectivity index (χ0n) is 8.76. The van der Waals surface area contributed by atoms with Crippen LogP contribution in [-0.2, 0) is 14.3 Å². The van der Waals surface area contributed by atoms with Crippen molar-refractivity contribution >= 4 is 20.7 Å². The highest BCUT2D eigenvalue weighted by atomic mass is 32.3. The van der Waals surface area contributed by atoms with E-state index in [-0.39, 0.29) is 6.61 Å². The number of hydrogen-bond acceptors (Lipinski definition) is 5. The summed E-state index contributed by atoms with van der Waals surface area (Å²) in [5, 5.41) is 0. The largest absolute Gasteiger partial charge is 0.299 e. The summed E-state index contributed by atoms with van der Waals surface area (Å²) in [4.78, 5) is 0. The average Bonchev–Trinajstić information content (AvgIpc) is 2.06. The quantitative estimate of drug-likeness (QED) is 0.747. The Bertz CT molecular complexity index is 288. The van der Waals surface area contributed by atoms with Crippen LogP contribution >= 0.6 is 10.6 Å². The fourth-order valence-corrected chi connectivity index (χ4v) is 3.64. The van der Waals surface area contributed by atoms with Crippen LogP contribution in [-0.4, -0.2) is 41.9 Å². The van der Waals surface area contributed by atoms with Crippen molar-refractivity contribution in [2.24, 2.45) is 5.92 Å². The minimum Gasteiger partial charge on any atom is -0.299 e. The highest BCUT2D eigenvalue weighted by Gasteiger charge is 2.23. The molecule has 0 amide bonds. The van der Waals surface area contributed by atoms with Gasteiger partial charge in [0.25, 0.3) is 10.1 Å². The molecule has 2 N–H and O–H groups in total. The summed E-state index contributed by atoms with van der Waals surface area (Å²) in [6.07, 6.45) is 3.19. The zero-order valence-corrected chi connectivity index (χ0v) is 10.4. The summed E-state index contributed by atoms with van der Waals surface area (Å²) in [7, 11) is -5.67. The molecule has 0 aliphatic carbocycles. The molecule has 0 aromatic carbocycles. The fraction of sp³-hybridized carbons (Fsp3) is 1.00. The minimum absolute atomic E-state index is 0.197. The first-order valence-corrected chi connectivity index (χ1v) is 8.57. The lowest BCUT2D eigenvalue weighted by Gasteiger charge is -2.39. The molecule has 15 heavy (non-hydrogen) atoms. The maximum absolute atomic E-state index is 10.7. The highest BCUT2D eigenvalue weighted by molar-refractivity contribution is 8.24. The molecule has 1 aliphatic heterocycles. The Kier molecular flexibility index (Phi) is 4.42. The van der Waals surface area contributed by atoms with E-state index in [4.69, 9.17) is 0 Å². The van der Waals surface area contributed by atoms with E-state index in [1.807, 2.05) is 0 Å². The Balaban J connectivity index is 2.20. The summed E-state index contributed by atoms with van der Waals surface area (Å²) in [6, 6.07) is 0. The Morgan fingerprint density at radius 3 is 2.33 bits per heavy atom. The van der Waals surface area contributed by atoms with Gasteiger partial charge in [0.2, 0.25) is 0 Å². The van der Waals surface area contributed by atoms with Crippen molar-refractivity contribution in [2.75, 3.05) is 24.4 Å². The van der Waals surface area contributed by atoms with Crippen LogP contribution in [0.2, 0.25) is 0 Å². The van der Waals surface area contributed by atoms with Crippen molar-refractivity contribution < 1.29 is 21.7 Å². The van der Waals surface area contributed by atoms with Gasteiger partial charge in [-0.05, 0) is 25.2 Å². The molecule has 0 saturated carbocycles. The van der Waals surface area contributed by atoms with Crippen LogP contribution in [0.25, 0.3) is 0 Å². The average molecular weight is 258 g/mol. The molecular formula is C8H18O5S2. The summed E-state index contributed by atoms with van der Waals surface area (Å²) >= 11 is 0. The summed E-state index contributed by atoms with van der Waals surface area (Å²) in [5.74, 6) is 1.24. The normalized spacial score (nSPS) is 25.0. The molecule has 1 rings (SSSR count). The lowest BCUT2D eigenvalue weighted by molar-refractivity contribution is 0.273. The fourth-order valence-electron chi connectivity index (χ4n) is 1.61. The molecule has 0 aromatic rings. The molecule has 0 atom stereocenters. The van der Waals surface area contributed by atoms with E-state index < -0.39 is 20.7 Å². The lowest BCUT2D eigenvalue weighted by Crippen LogP contribution is -2.21. The number of rotatable bonds is 4. The Hall–Kier alpha value is 0.180. The number of hydrogen-bond donors (Lipinski definition) is 2. The molecule has 0 unspecified atom stereocenters.